The summed E-state index contributed by atoms with van der Waals surface area (Å²) < 4.78 is 0. The number of nitrogens with two attached hydrogens (primary N) is 1. The van der Waals surface area contributed by atoms with Crippen LogP contribution in [0.25, 0.3) is 0 Å². The Kier molecular flexibility index (Phi) is 5.74. The quantitative estimate of drug-likeness (QED) is 0.755. The number of hydrogen-bond donors (Lipinski definition) is 2. The van der Waals surface area contributed by atoms with E-state index in [0.717, 1.165) is 32.4 Å². The minimum absolute atomic E-state index is 0.0429. The van der Waals surface area contributed by atoms with Crippen LogP contribution in [0.1, 0.15) is 47.0 Å². The van der Waals surface area contributed by atoms with E-state index in [1.165, 1.54) is 0 Å². The molecule has 19 heavy (non-hydrogen) atoms. The molecule has 0 aliphatic carbocycles. The molecule has 1 amide bonds. The lowest BCUT2D eigenvalue weighted by Crippen LogP contribution is -2.52. The second-order valence-electron chi connectivity index (χ2n) is 5.95. The number of nitrogens with zero attached hydrogens (tertiary/aromatic N) is 1. The fourth-order valence-electron chi connectivity index (χ4n) is 2.28. The highest BCUT2D eigenvalue weighted by Gasteiger charge is 2.35. The summed E-state index contributed by atoms with van der Waals surface area (Å²) in [6, 6.07) is 0.159. The molecule has 2 atom stereocenters. The van der Waals surface area contributed by atoms with Gasteiger partial charge in [0, 0.05) is 11.5 Å². The summed E-state index contributed by atoms with van der Waals surface area (Å²) >= 11 is 5.14. The Morgan fingerprint density at radius 1 is 1.42 bits per heavy atom. The van der Waals surface area contributed by atoms with Crippen molar-refractivity contribution in [3.05, 3.63) is 0 Å². The Morgan fingerprint density at radius 3 is 2.37 bits per heavy atom. The largest absolute Gasteiger partial charge is 0.393 e. The van der Waals surface area contributed by atoms with E-state index >= 15 is 0 Å². The molecule has 4 nitrogen and oxygen atoms in total. The molecule has 1 fully saturated rings. The van der Waals surface area contributed by atoms with Crippen LogP contribution in [0.3, 0.4) is 0 Å². The summed E-state index contributed by atoms with van der Waals surface area (Å²) in [5.74, 6) is 0.119. The average molecular weight is 285 g/mol. The van der Waals surface area contributed by atoms with E-state index in [4.69, 9.17) is 18.0 Å². The molecule has 5 heteroatoms. The van der Waals surface area contributed by atoms with Crippen molar-refractivity contribution in [2.45, 2.75) is 59.0 Å². The topological polar surface area (TPSA) is 58.4 Å². The summed E-state index contributed by atoms with van der Waals surface area (Å²) in [5, 5.41) is 3.04. The van der Waals surface area contributed by atoms with Crippen molar-refractivity contribution in [3.63, 3.8) is 0 Å². The van der Waals surface area contributed by atoms with Crippen molar-refractivity contribution >= 4 is 23.1 Å². The summed E-state index contributed by atoms with van der Waals surface area (Å²) in [7, 11) is 0. The Labute approximate surface area is 122 Å². The average Bonchev–Trinajstić information content (AvgIpc) is 2.38. The second-order valence-corrected chi connectivity index (χ2v) is 6.39. The highest BCUT2D eigenvalue weighted by molar-refractivity contribution is 7.80. The van der Waals surface area contributed by atoms with Gasteiger partial charge in [-0.15, -0.1) is 0 Å². The first-order valence-electron chi connectivity index (χ1n) is 7.14. The molecule has 1 aliphatic rings. The van der Waals surface area contributed by atoms with E-state index in [1.54, 1.807) is 0 Å². The Balaban J connectivity index is 2.51. The molecule has 0 radical (unpaired) electrons. The number of likely N-dealkylation sites (tertiary alicyclic amines) is 1. The summed E-state index contributed by atoms with van der Waals surface area (Å²) in [4.78, 5) is 14.9. The van der Waals surface area contributed by atoms with Crippen LogP contribution in [0.15, 0.2) is 0 Å². The van der Waals surface area contributed by atoms with Crippen LogP contribution in [-0.2, 0) is 4.79 Å². The van der Waals surface area contributed by atoms with E-state index in [0.29, 0.717) is 4.99 Å². The normalized spacial score (nSPS) is 22.5. The van der Waals surface area contributed by atoms with Gasteiger partial charge in [0.1, 0.15) is 0 Å². The molecule has 0 aromatic carbocycles. The van der Waals surface area contributed by atoms with Crippen LogP contribution >= 0.6 is 12.2 Å². The number of carbonyl (C=O) groups is 1. The van der Waals surface area contributed by atoms with Gasteiger partial charge in [-0.1, -0.05) is 26.1 Å². The first-order chi connectivity index (χ1) is 8.80. The minimum atomic E-state index is -0.0788. The first-order valence-corrected chi connectivity index (χ1v) is 7.55. The zero-order chi connectivity index (χ0) is 14.6. The van der Waals surface area contributed by atoms with E-state index in [1.807, 2.05) is 13.8 Å². The number of hydrogen-bond acceptors (Lipinski definition) is 3. The van der Waals surface area contributed by atoms with Gasteiger partial charge in [-0.3, -0.25) is 9.69 Å². The molecule has 1 saturated heterocycles. The summed E-state index contributed by atoms with van der Waals surface area (Å²) in [6.07, 6.45) is 2.82. The van der Waals surface area contributed by atoms with Crippen LogP contribution in [0.4, 0.5) is 0 Å². The number of rotatable bonds is 5. The molecule has 3 N–H and O–H groups in total. The first kappa shape index (κ1) is 16.4. The van der Waals surface area contributed by atoms with Crippen LogP contribution in [0.2, 0.25) is 0 Å². The molecule has 110 valence electrons. The number of nitrogens with one attached hydrogen (secondary N) is 1. The van der Waals surface area contributed by atoms with Crippen molar-refractivity contribution < 1.29 is 4.79 Å². The van der Waals surface area contributed by atoms with Gasteiger partial charge in [-0.25, -0.2) is 0 Å². The molecule has 1 rings (SSSR count). The molecular weight excluding hydrogens is 258 g/mol. The Bertz CT molecular complexity index is 338. The predicted octanol–water partition coefficient (Wildman–Crippen LogP) is 1.68. The van der Waals surface area contributed by atoms with Crippen LogP contribution in [0.5, 0.6) is 0 Å². The SMILES string of the molecule is CCC(C)NC(=O)C(C)N1CCC(C)(C(N)=S)CC1. The lowest BCUT2D eigenvalue weighted by atomic mass is 9.80. The standard InChI is InChI=1S/C14H27N3OS/c1-5-10(2)16-12(18)11(3)17-8-6-14(4,7-9-17)13(15)19/h10-11H,5-9H2,1-4H3,(H2,15,19)(H,16,18). The minimum Gasteiger partial charge on any atom is -0.393 e. The predicted molar refractivity (Wildman–Crippen MR) is 83.1 cm³/mol. The van der Waals surface area contributed by atoms with Gasteiger partial charge in [0.05, 0.1) is 11.0 Å². The third-order valence-corrected chi connectivity index (χ3v) is 4.92. The lowest BCUT2D eigenvalue weighted by molar-refractivity contribution is -0.127. The van der Waals surface area contributed by atoms with Crippen LogP contribution in [-0.4, -0.2) is 41.0 Å². The Hall–Kier alpha value is -0.680. The van der Waals surface area contributed by atoms with Crippen molar-refractivity contribution in [3.8, 4) is 0 Å². The van der Waals surface area contributed by atoms with Gasteiger partial charge in [0.25, 0.3) is 0 Å². The zero-order valence-corrected chi connectivity index (χ0v) is 13.3. The van der Waals surface area contributed by atoms with Crippen molar-refractivity contribution in [1.82, 2.24) is 10.2 Å². The maximum Gasteiger partial charge on any atom is 0.237 e. The Morgan fingerprint density at radius 2 is 1.95 bits per heavy atom. The molecule has 1 aliphatic heterocycles. The van der Waals surface area contributed by atoms with Crippen molar-refractivity contribution in [2.75, 3.05) is 13.1 Å². The number of thiocarbonyl (C=S) groups is 1. The molecule has 1 heterocycles. The van der Waals surface area contributed by atoms with Gasteiger partial charge in [-0.05, 0) is 46.2 Å². The highest BCUT2D eigenvalue weighted by atomic mass is 32.1. The highest BCUT2D eigenvalue weighted by Crippen LogP contribution is 2.31. The maximum atomic E-state index is 12.1. The molecule has 0 aromatic rings. The van der Waals surface area contributed by atoms with E-state index in [9.17, 15) is 4.79 Å². The van der Waals surface area contributed by atoms with Gasteiger partial charge in [0.2, 0.25) is 5.91 Å². The van der Waals surface area contributed by atoms with Gasteiger partial charge >= 0.3 is 0 Å². The fraction of sp³-hybridized carbons (Fsp3) is 0.857. The summed E-state index contributed by atoms with van der Waals surface area (Å²) in [6.45, 7) is 9.96. The van der Waals surface area contributed by atoms with E-state index < -0.39 is 0 Å². The maximum absolute atomic E-state index is 12.1. The molecule has 0 aromatic heterocycles. The smallest absolute Gasteiger partial charge is 0.237 e. The number of carbonyl (C=O) groups excluding carboxylic acids is 1. The van der Waals surface area contributed by atoms with Crippen LogP contribution in [0, 0.1) is 5.41 Å². The molecule has 0 spiro atoms. The summed E-state index contributed by atoms with van der Waals surface area (Å²) in [5.41, 5.74) is 5.76. The van der Waals surface area contributed by atoms with Gasteiger partial charge < -0.3 is 11.1 Å². The molecular formula is C14H27N3OS. The third-order valence-electron chi connectivity index (χ3n) is 4.42. The molecule has 0 saturated carbocycles. The van der Waals surface area contributed by atoms with E-state index in [2.05, 4.69) is 24.1 Å². The van der Waals surface area contributed by atoms with Crippen LogP contribution < -0.4 is 11.1 Å². The monoisotopic (exact) mass is 285 g/mol. The molecule has 2 unspecified atom stereocenters. The van der Waals surface area contributed by atoms with Gasteiger partial charge in [0.15, 0.2) is 0 Å². The second kappa shape index (κ2) is 6.66. The fourth-order valence-corrected chi connectivity index (χ4v) is 2.49. The molecule has 0 bridgehead atoms. The van der Waals surface area contributed by atoms with Crippen molar-refractivity contribution in [2.24, 2.45) is 11.1 Å². The van der Waals surface area contributed by atoms with Gasteiger partial charge in [-0.2, -0.15) is 0 Å². The zero-order valence-electron chi connectivity index (χ0n) is 12.5. The lowest BCUT2D eigenvalue weighted by Gasteiger charge is -2.40. The number of amides is 1. The third kappa shape index (κ3) is 4.14. The van der Waals surface area contributed by atoms with E-state index in [-0.39, 0.29) is 23.4 Å². The number of piperidine rings is 1. The van der Waals surface area contributed by atoms with Crippen molar-refractivity contribution in [1.29, 1.82) is 0 Å².